The molecule has 2 amide bonds. The van der Waals surface area contributed by atoms with Gasteiger partial charge >= 0.3 is 6.03 Å². The second kappa shape index (κ2) is 11.7. The molecule has 4 aromatic rings. The third-order valence-electron chi connectivity index (χ3n) is 6.89. The zero-order chi connectivity index (χ0) is 30.9. The van der Waals surface area contributed by atoms with Gasteiger partial charge in [-0.25, -0.2) is 27.3 Å². The molecule has 3 N–H and O–H groups in total. The Morgan fingerprint density at radius 3 is 2.51 bits per heavy atom. The number of fused-ring (bicyclic) bond motifs is 1. The molecule has 0 radical (unpaired) electrons. The summed E-state index contributed by atoms with van der Waals surface area (Å²) >= 11 is 0. The van der Waals surface area contributed by atoms with Crippen molar-refractivity contribution in [3.63, 3.8) is 0 Å². The molecule has 11 nitrogen and oxygen atoms in total. The van der Waals surface area contributed by atoms with Gasteiger partial charge in [0.15, 0.2) is 0 Å². The molecule has 0 saturated heterocycles. The lowest BCUT2D eigenvalue weighted by Gasteiger charge is -2.25. The van der Waals surface area contributed by atoms with Crippen molar-refractivity contribution in [3.8, 4) is 17.2 Å². The van der Waals surface area contributed by atoms with Gasteiger partial charge in [0.25, 0.3) is 0 Å². The van der Waals surface area contributed by atoms with Crippen molar-refractivity contribution >= 4 is 33.4 Å². The molecule has 2 aromatic carbocycles. The lowest BCUT2D eigenvalue weighted by Crippen LogP contribution is -2.27. The van der Waals surface area contributed by atoms with Gasteiger partial charge in [-0.05, 0) is 60.3 Å². The summed E-state index contributed by atoms with van der Waals surface area (Å²) in [6.07, 6.45) is 5.08. The number of hydrogen-bond donors (Lipinski definition) is 3. The first kappa shape index (κ1) is 30.0. The van der Waals surface area contributed by atoms with Crippen LogP contribution >= 0.6 is 0 Å². The Morgan fingerprint density at radius 2 is 1.79 bits per heavy atom. The third kappa shape index (κ3) is 7.30. The lowest BCUT2D eigenvalue weighted by atomic mass is 9.89. The first-order chi connectivity index (χ1) is 20.2. The van der Waals surface area contributed by atoms with Crippen molar-refractivity contribution in [2.75, 3.05) is 35.2 Å². The topological polar surface area (TPSA) is 130 Å². The summed E-state index contributed by atoms with van der Waals surface area (Å²) in [7, 11) is -1.44. The highest BCUT2D eigenvalue weighted by molar-refractivity contribution is 7.92. The van der Waals surface area contributed by atoms with Gasteiger partial charge in [0.1, 0.15) is 29.0 Å². The van der Waals surface area contributed by atoms with Crippen molar-refractivity contribution < 1.29 is 22.3 Å². The van der Waals surface area contributed by atoms with Gasteiger partial charge in [0.2, 0.25) is 10.0 Å². The molecule has 0 saturated carbocycles. The number of ether oxygens (including phenoxy) is 1. The Balaban J connectivity index is 1.34. The Morgan fingerprint density at radius 1 is 1.02 bits per heavy atom. The number of rotatable bonds is 7. The Hall–Kier alpha value is -4.49. The molecule has 2 aromatic heterocycles. The first-order valence-electron chi connectivity index (χ1n) is 13.6. The normalized spacial score (nSPS) is 13.7. The van der Waals surface area contributed by atoms with Gasteiger partial charge in [-0.1, -0.05) is 26.8 Å². The fraction of sp³-hybridized carbons (Fsp3) is 0.300. The van der Waals surface area contributed by atoms with Crippen LogP contribution in [-0.2, 0) is 28.4 Å². The van der Waals surface area contributed by atoms with Gasteiger partial charge in [0.05, 0.1) is 23.8 Å². The molecule has 0 fully saturated rings. The number of urea groups is 1. The fourth-order valence-electron chi connectivity index (χ4n) is 4.81. The van der Waals surface area contributed by atoms with Gasteiger partial charge in [-0.15, -0.1) is 0 Å². The minimum absolute atomic E-state index is 0.0563. The van der Waals surface area contributed by atoms with Crippen LogP contribution in [0.4, 0.5) is 26.5 Å². The number of amides is 2. The van der Waals surface area contributed by atoms with E-state index in [-0.39, 0.29) is 28.4 Å². The van der Waals surface area contributed by atoms with Crippen LogP contribution in [0, 0.1) is 5.82 Å². The van der Waals surface area contributed by atoms with E-state index in [1.165, 1.54) is 41.6 Å². The molecule has 0 unspecified atom stereocenters. The number of carbonyl (C=O) groups is 1. The lowest BCUT2D eigenvalue weighted by molar-refractivity contribution is 0.262. The number of hydrogen-bond acceptors (Lipinski definition) is 7. The van der Waals surface area contributed by atoms with E-state index in [1.807, 2.05) is 26.8 Å². The number of nitrogens with one attached hydrogen (secondary N) is 3. The molecule has 226 valence electrons. The Bertz CT molecular complexity index is 1780. The highest BCUT2D eigenvalue weighted by atomic mass is 32.2. The van der Waals surface area contributed by atoms with Crippen LogP contribution in [0.2, 0.25) is 0 Å². The number of nitrogens with zero attached hydrogens (tertiary/aromatic N) is 4. The molecule has 43 heavy (non-hydrogen) atoms. The summed E-state index contributed by atoms with van der Waals surface area (Å²) in [6, 6.07) is 12.4. The summed E-state index contributed by atoms with van der Waals surface area (Å²) < 4.78 is 47.6. The Kier molecular flexibility index (Phi) is 8.12. The van der Waals surface area contributed by atoms with Crippen molar-refractivity contribution in [1.29, 1.82) is 0 Å². The minimum Gasteiger partial charge on any atom is -0.457 e. The van der Waals surface area contributed by atoms with Crippen molar-refractivity contribution in [2.24, 2.45) is 0 Å². The van der Waals surface area contributed by atoms with E-state index in [0.29, 0.717) is 5.82 Å². The molecule has 0 bridgehead atoms. The number of anilines is 3. The van der Waals surface area contributed by atoms with Crippen molar-refractivity contribution in [1.82, 2.24) is 19.7 Å². The van der Waals surface area contributed by atoms with E-state index in [4.69, 9.17) is 4.74 Å². The summed E-state index contributed by atoms with van der Waals surface area (Å²) in [5.74, 6) is 0.221. The molecular formula is C30H34FN7O4S. The fourth-order valence-corrected chi connectivity index (χ4v) is 5.30. The van der Waals surface area contributed by atoms with Crippen LogP contribution in [0.25, 0.3) is 5.69 Å². The van der Waals surface area contributed by atoms with Crippen LogP contribution in [0.15, 0.2) is 60.9 Å². The van der Waals surface area contributed by atoms with E-state index in [0.717, 1.165) is 43.1 Å². The minimum atomic E-state index is -3.53. The maximum atomic E-state index is 15.1. The number of halogens is 1. The van der Waals surface area contributed by atoms with Crippen LogP contribution in [0.3, 0.4) is 0 Å². The number of sulfonamides is 1. The quantitative estimate of drug-likeness (QED) is 0.253. The number of benzene rings is 2. The van der Waals surface area contributed by atoms with Crippen molar-refractivity contribution in [2.45, 2.75) is 39.2 Å². The smallest absolute Gasteiger partial charge is 0.324 e. The van der Waals surface area contributed by atoms with E-state index in [9.17, 15) is 13.2 Å². The van der Waals surface area contributed by atoms with E-state index in [1.54, 1.807) is 10.9 Å². The number of aromatic nitrogens is 3. The summed E-state index contributed by atoms with van der Waals surface area (Å²) in [6.45, 7) is 7.92. The second-order valence-electron chi connectivity index (χ2n) is 11.6. The average molecular weight is 608 g/mol. The molecule has 0 aliphatic carbocycles. The van der Waals surface area contributed by atoms with E-state index in [2.05, 4.69) is 49.5 Å². The molecule has 0 spiro atoms. The van der Waals surface area contributed by atoms with Crippen LogP contribution in [-0.4, -0.2) is 54.0 Å². The molecule has 13 heteroatoms. The largest absolute Gasteiger partial charge is 0.457 e. The van der Waals surface area contributed by atoms with Crippen LogP contribution < -0.4 is 20.1 Å². The monoisotopic (exact) mass is 607 g/mol. The summed E-state index contributed by atoms with van der Waals surface area (Å²) in [5.41, 5.74) is 3.77. The molecule has 5 rings (SSSR count). The van der Waals surface area contributed by atoms with Gasteiger partial charge in [0, 0.05) is 37.0 Å². The number of likely N-dealkylation sites (N-methyl/N-ethyl adjacent to an activating group) is 1. The summed E-state index contributed by atoms with van der Waals surface area (Å²) in [4.78, 5) is 19.4. The molecule has 0 atom stereocenters. The van der Waals surface area contributed by atoms with E-state index >= 15 is 4.39 Å². The molecule has 1 aliphatic heterocycles. The zero-order valence-electron chi connectivity index (χ0n) is 24.6. The highest BCUT2D eigenvalue weighted by Crippen LogP contribution is 2.33. The third-order valence-corrected chi connectivity index (χ3v) is 7.47. The van der Waals surface area contributed by atoms with Gasteiger partial charge in [-0.3, -0.25) is 10.0 Å². The Labute approximate surface area is 250 Å². The maximum Gasteiger partial charge on any atom is 0.324 e. The maximum absolute atomic E-state index is 15.1. The predicted molar refractivity (Wildman–Crippen MR) is 164 cm³/mol. The van der Waals surface area contributed by atoms with Crippen LogP contribution in [0.5, 0.6) is 11.5 Å². The number of pyridine rings is 1. The molecular weight excluding hydrogens is 573 g/mol. The van der Waals surface area contributed by atoms with Crippen molar-refractivity contribution in [3.05, 3.63) is 83.4 Å². The highest BCUT2D eigenvalue weighted by Gasteiger charge is 2.25. The SMILES string of the molecule is CN1CCc2ccc(-n3ncc(C(C)(C)C)c3NC(=O)Nc3ccc(Oc4ccnc(NS(C)(=O)=O)c4)cc3F)cc2C1. The molecule has 3 heterocycles. The van der Waals surface area contributed by atoms with E-state index < -0.39 is 21.9 Å². The standard InChI is InChI=1S/C30H34FN7O4S/c1-30(2,3)24-17-33-38(21-7-6-19-11-13-37(4)18-20(19)14-21)28(24)35-29(39)34-26-9-8-22(15-25(26)31)42-23-10-12-32-27(16-23)36-43(5,40)41/h6-10,12,14-17H,11,13,18H2,1-5H3,(H,32,36)(H2,34,35,39). The van der Waals surface area contributed by atoms with Gasteiger partial charge in [-0.2, -0.15) is 5.10 Å². The zero-order valence-corrected chi connectivity index (χ0v) is 25.4. The average Bonchev–Trinajstić information content (AvgIpc) is 3.33. The first-order valence-corrected chi connectivity index (χ1v) is 15.5. The molecule has 1 aliphatic rings. The van der Waals surface area contributed by atoms with Gasteiger partial charge < -0.3 is 15.0 Å². The predicted octanol–water partition coefficient (Wildman–Crippen LogP) is 5.50. The second-order valence-corrected chi connectivity index (χ2v) is 13.3. The van der Waals surface area contributed by atoms with Crippen LogP contribution in [0.1, 0.15) is 37.5 Å². The number of carbonyl (C=O) groups excluding carboxylic acids is 1. The summed E-state index contributed by atoms with van der Waals surface area (Å²) in [5, 5.41) is 10.1.